The molecule has 0 aromatic carbocycles. The van der Waals surface area contributed by atoms with E-state index in [2.05, 4.69) is 14.9 Å². The molecule has 1 N–H and O–H groups in total. The Hall–Kier alpha value is -0.900. The van der Waals surface area contributed by atoms with E-state index in [9.17, 15) is 4.39 Å². The summed E-state index contributed by atoms with van der Waals surface area (Å²) in [5.74, 6) is 0.915. The Morgan fingerprint density at radius 2 is 2.62 bits per heavy atom. The highest BCUT2D eigenvalue weighted by atomic mass is 19.1. The van der Waals surface area contributed by atoms with E-state index in [0.29, 0.717) is 13.0 Å². The molecule has 1 aliphatic rings. The van der Waals surface area contributed by atoms with Gasteiger partial charge in [-0.3, -0.25) is 4.90 Å². The summed E-state index contributed by atoms with van der Waals surface area (Å²) < 4.78 is 13.4. The SMILES string of the molecule is CC1(F)CCN(Cc2ncc[nH]2)C1. The molecule has 0 spiro atoms. The minimum Gasteiger partial charge on any atom is -0.348 e. The van der Waals surface area contributed by atoms with Crippen LogP contribution in [-0.4, -0.2) is 33.6 Å². The van der Waals surface area contributed by atoms with Gasteiger partial charge in [0.25, 0.3) is 0 Å². The molecule has 1 unspecified atom stereocenters. The zero-order valence-electron chi connectivity index (χ0n) is 7.76. The van der Waals surface area contributed by atoms with Crippen molar-refractivity contribution < 1.29 is 4.39 Å². The Kier molecular flexibility index (Phi) is 2.07. The van der Waals surface area contributed by atoms with E-state index in [1.807, 2.05) is 0 Å². The molecule has 0 amide bonds. The largest absolute Gasteiger partial charge is 0.348 e. The van der Waals surface area contributed by atoms with E-state index >= 15 is 0 Å². The van der Waals surface area contributed by atoms with Crippen LogP contribution in [0.25, 0.3) is 0 Å². The predicted molar refractivity (Wildman–Crippen MR) is 48.0 cm³/mol. The van der Waals surface area contributed by atoms with Crippen LogP contribution in [0, 0.1) is 0 Å². The summed E-state index contributed by atoms with van der Waals surface area (Å²) in [6, 6.07) is 0. The van der Waals surface area contributed by atoms with E-state index in [-0.39, 0.29) is 0 Å². The summed E-state index contributed by atoms with van der Waals surface area (Å²) in [5.41, 5.74) is -1.01. The van der Waals surface area contributed by atoms with Gasteiger partial charge >= 0.3 is 0 Å². The molecule has 1 aromatic rings. The van der Waals surface area contributed by atoms with Crippen molar-refractivity contribution in [2.45, 2.75) is 25.6 Å². The maximum absolute atomic E-state index is 13.4. The first-order chi connectivity index (χ1) is 6.16. The molecule has 13 heavy (non-hydrogen) atoms. The van der Waals surface area contributed by atoms with Crippen LogP contribution in [0.2, 0.25) is 0 Å². The molecule has 4 heteroatoms. The van der Waals surface area contributed by atoms with Crippen LogP contribution in [0.4, 0.5) is 4.39 Å². The number of hydrogen-bond donors (Lipinski definition) is 1. The molecule has 0 aliphatic carbocycles. The van der Waals surface area contributed by atoms with Gasteiger partial charge in [-0.15, -0.1) is 0 Å². The van der Waals surface area contributed by atoms with E-state index in [1.165, 1.54) is 0 Å². The Balaban J connectivity index is 1.91. The highest BCUT2D eigenvalue weighted by molar-refractivity contribution is 4.92. The molecule has 0 bridgehead atoms. The molecule has 72 valence electrons. The summed E-state index contributed by atoms with van der Waals surface area (Å²) >= 11 is 0. The van der Waals surface area contributed by atoms with Crippen LogP contribution in [0.3, 0.4) is 0 Å². The highest BCUT2D eigenvalue weighted by Gasteiger charge is 2.33. The second-order valence-corrected chi connectivity index (χ2v) is 3.91. The zero-order valence-corrected chi connectivity index (χ0v) is 7.76. The third-order valence-corrected chi connectivity index (χ3v) is 2.43. The average molecular weight is 183 g/mol. The molecule has 1 atom stereocenters. The van der Waals surface area contributed by atoms with Crippen molar-refractivity contribution in [2.24, 2.45) is 0 Å². The van der Waals surface area contributed by atoms with Gasteiger partial charge in [0.1, 0.15) is 11.5 Å². The fourth-order valence-electron chi connectivity index (χ4n) is 1.75. The van der Waals surface area contributed by atoms with Gasteiger partial charge in [0, 0.05) is 25.5 Å². The van der Waals surface area contributed by atoms with Crippen LogP contribution < -0.4 is 0 Å². The van der Waals surface area contributed by atoms with Gasteiger partial charge in [-0.1, -0.05) is 0 Å². The molecule has 1 aliphatic heterocycles. The van der Waals surface area contributed by atoms with Gasteiger partial charge in [-0.05, 0) is 13.3 Å². The number of halogens is 1. The van der Waals surface area contributed by atoms with Gasteiger partial charge in [0.2, 0.25) is 0 Å². The van der Waals surface area contributed by atoms with Crippen molar-refractivity contribution in [3.63, 3.8) is 0 Å². The molecule has 1 aromatic heterocycles. The summed E-state index contributed by atoms with van der Waals surface area (Å²) in [6.45, 7) is 3.74. The Labute approximate surface area is 77.0 Å². The second kappa shape index (κ2) is 3.10. The minimum atomic E-state index is -1.01. The summed E-state index contributed by atoms with van der Waals surface area (Å²) in [7, 11) is 0. The van der Waals surface area contributed by atoms with Crippen LogP contribution in [0.15, 0.2) is 12.4 Å². The molecule has 2 rings (SSSR count). The maximum atomic E-state index is 13.4. The first kappa shape index (κ1) is 8.69. The van der Waals surface area contributed by atoms with E-state index in [1.54, 1.807) is 19.3 Å². The first-order valence-corrected chi connectivity index (χ1v) is 4.55. The summed E-state index contributed by atoms with van der Waals surface area (Å²) in [4.78, 5) is 9.21. The third-order valence-electron chi connectivity index (χ3n) is 2.43. The molecule has 0 saturated carbocycles. The number of aromatic amines is 1. The molecular weight excluding hydrogens is 169 g/mol. The zero-order chi connectivity index (χ0) is 9.31. The molecule has 0 radical (unpaired) electrons. The Bertz CT molecular complexity index is 268. The van der Waals surface area contributed by atoms with E-state index < -0.39 is 5.67 Å². The normalized spacial score (nSPS) is 29.7. The van der Waals surface area contributed by atoms with Gasteiger partial charge in [-0.25, -0.2) is 9.37 Å². The number of hydrogen-bond acceptors (Lipinski definition) is 2. The monoisotopic (exact) mass is 183 g/mol. The van der Waals surface area contributed by atoms with Gasteiger partial charge in [0.05, 0.1) is 6.54 Å². The number of alkyl halides is 1. The number of imidazole rings is 1. The lowest BCUT2D eigenvalue weighted by atomic mass is 10.1. The molecule has 2 heterocycles. The lowest BCUT2D eigenvalue weighted by Crippen LogP contribution is -2.26. The number of likely N-dealkylation sites (tertiary alicyclic amines) is 1. The smallest absolute Gasteiger partial charge is 0.122 e. The van der Waals surface area contributed by atoms with Crippen LogP contribution in [0.1, 0.15) is 19.2 Å². The lowest BCUT2D eigenvalue weighted by molar-refractivity contribution is 0.185. The molecule has 3 nitrogen and oxygen atoms in total. The standard InChI is InChI=1S/C9H14FN3/c1-9(10)2-5-13(7-9)6-8-11-3-4-12-8/h3-4H,2,5-7H2,1H3,(H,11,12). The molecule has 1 saturated heterocycles. The Morgan fingerprint density at radius 3 is 3.15 bits per heavy atom. The molecule has 1 fully saturated rings. The fourth-order valence-corrected chi connectivity index (χ4v) is 1.75. The number of H-pyrrole nitrogens is 1. The van der Waals surface area contributed by atoms with Crippen LogP contribution in [0.5, 0.6) is 0 Å². The van der Waals surface area contributed by atoms with Crippen molar-refractivity contribution in [3.05, 3.63) is 18.2 Å². The molecular formula is C9H14FN3. The van der Waals surface area contributed by atoms with E-state index in [0.717, 1.165) is 18.9 Å². The second-order valence-electron chi connectivity index (χ2n) is 3.91. The predicted octanol–water partition coefficient (Wildman–Crippen LogP) is 1.34. The number of rotatable bonds is 2. The topological polar surface area (TPSA) is 31.9 Å². The van der Waals surface area contributed by atoms with Crippen molar-refractivity contribution in [1.29, 1.82) is 0 Å². The van der Waals surface area contributed by atoms with Gasteiger partial charge in [-0.2, -0.15) is 0 Å². The Morgan fingerprint density at radius 1 is 1.77 bits per heavy atom. The highest BCUT2D eigenvalue weighted by Crippen LogP contribution is 2.25. The first-order valence-electron chi connectivity index (χ1n) is 4.55. The van der Waals surface area contributed by atoms with Crippen molar-refractivity contribution in [3.8, 4) is 0 Å². The number of aromatic nitrogens is 2. The lowest BCUT2D eigenvalue weighted by Gasteiger charge is -2.15. The number of nitrogens with zero attached hydrogens (tertiary/aromatic N) is 2. The van der Waals surface area contributed by atoms with Crippen LogP contribution >= 0.6 is 0 Å². The van der Waals surface area contributed by atoms with Crippen molar-refractivity contribution in [2.75, 3.05) is 13.1 Å². The average Bonchev–Trinajstić information content (AvgIpc) is 2.61. The van der Waals surface area contributed by atoms with Gasteiger partial charge in [0.15, 0.2) is 0 Å². The summed E-state index contributed by atoms with van der Waals surface area (Å²) in [5, 5.41) is 0. The number of nitrogens with one attached hydrogen (secondary N) is 1. The van der Waals surface area contributed by atoms with E-state index in [4.69, 9.17) is 0 Å². The quantitative estimate of drug-likeness (QED) is 0.750. The van der Waals surface area contributed by atoms with Crippen molar-refractivity contribution in [1.82, 2.24) is 14.9 Å². The fraction of sp³-hybridized carbons (Fsp3) is 0.667. The van der Waals surface area contributed by atoms with Crippen LogP contribution in [-0.2, 0) is 6.54 Å². The van der Waals surface area contributed by atoms with Crippen molar-refractivity contribution >= 4 is 0 Å². The third kappa shape index (κ3) is 2.06. The maximum Gasteiger partial charge on any atom is 0.122 e. The van der Waals surface area contributed by atoms with Gasteiger partial charge < -0.3 is 4.98 Å². The summed E-state index contributed by atoms with van der Waals surface area (Å²) in [6.07, 6.45) is 4.15. The minimum absolute atomic E-state index is 0.522.